The zero-order valence-corrected chi connectivity index (χ0v) is 13.9. The van der Waals surface area contributed by atoms with E-state index in [-0.39, 0.29) is 11.9 Å². The van der Waals surface area contributed by atoms with E-state index in [4.69, 9.17) is 0 Å². The van der Waals surface area contributed by atoms with Gasteiger partial charge in [-0.1, -0.05) is 12.1 Å². The molecule has 1 atom stereocenters. The van der Waals surface area contributed by atoms with E-state index in [1.165, 1.54) is 0 Å². The lowest BCUT2D eigenvalue weighted by Gasteiger charge is -2.20. The first-order valence-corrected chi connectivity index (χ1v) is 7.95. The van der Waals surface area contributed by atoms with E-state index in [2.05, 4.69) is 10.2 Å². The second kappa shape index (κ2) is 7.12. The number of rotatable bonds is 6. The van der Waals surface area contributed by atoms with Crippen molar-refractivity contribution in [3.8, 4) is 5.69 Å². The summed E-state index contributed by atoms with van der Waals surface area (Å²) in [5, 5.41) is 8.39. The largest absolute Gasteiger partial charge is 0.341 e. The minimum atomic E-state index is 0.0529. The zero-order valence-electron chi connectivity index (χ0n) is 13.9. The first kappa shape index (κ1) is 16.0. The second-order valence-corrected chi connectivity index (χ2v) is 5.91. The molecule has 0 spiro atoms. The van der Waals surface area contributed by atoms with Crippen molar-refractivity contribution in [1.82, 2.24) is 24.5 Å². The summed E-state index contributed by atoms with van der Waals surface area (Å²) in [7, 11) is 1.83. The zero-order chi connectivity index (χ0) is 16.9. The predicted octanol–water partition coefficient (Wildman–Crippen LogP) is 2.68. The lowest BCUT2D eigenvalue weighted by Crippen LogP contribution is -2.28. The van der Waals surface area contributed by atoms with E-state index in [1.54, 1.807) is 17.3 Å². The number of carbonyl (C=O) groups excluding carboxylic acids is 1. The first-order valence-electron chi connectivity index (χ1n) is 7.95. The quantitative estimate of drug-likeness (QED) is 0.701. The fourth-order valence-electron chi connectivity index (χ4n) is 2.58. The number of hydrogen-bond donors (Lipinski definition) is 0. The Morgan fingerprint density at radius 1 is 1.12 bits per heavy atom. The van der Waals surface area contributed by atoms with Crippen LogP contribution in [0.2, 0.25) is 0 Å². The van der Waals surface area contributed by atoms with Gasteiger partial charge in [0.25, 0.3) is 0 Å². The lowest BCUT2D eigenvalue weighted by atomic mass is 10.1. The van der Waals surface area contributed by atoms with Crippen molar-refractivity contribution in [1.29, 1.82) is 0 Å². The predicted molar refractivity (Wildman–Crippen MR) is 91.6 cm³/mol. The van der Waals surface area contributed by atoms with E-state index < -0.39 is 0 Å². The van der Waals surface area contributed by atoms with Gasteiger partial charge in [0.05, 0.1) is 11.7 Å². The highest BCUT2D eigenvalue weighted by molar-refractivity contribution is 5.76. The van der Waals surface area contributed by atoms with Crippen molar-refractivity contribution in [2.24, 2.45) is 0 Å². The van der Waals surface area contributed by atoms with E-state index in [0.29, 0.717) is 13.0 Å². The third kappa shape index (κ3) is 3.71. The highest BCUT2D eigenvalue weighted by Gasteiger charge is 2.15. The summed E-state index contributed by atoms with van der Waals surface area (Å²) in [6, 6.07) is 11.9. The number of aromatic nitrogens is 4. The van der Waals surface area contributed by atoms with Crippen LogP contribution in [0.1, 0.15) is 24.9 Å². The van der Waals surface area contributed by atoms with Gasteiger partial charge in [-0.25, -0.2) is 4.68 Å². The van der Waals surface area contributed by atoms with Crippen LogP contribution in [0, 0.1) is 0 Å². The highest BCUT2D eigenvalue weighted by Crippen LogP contribution is 2.14. The summed E-state index contributed by atoms with van der Waals surface area (Å²) in [4.78, 5) is 14.1. The van der Waals surface area contributed by atoms with Crippen LogP contribution in [0.15, 0.2) is 61.2 Å². The Bertz CT molecular complexity index is 762. The molecule has 0 aliphatic heterocycles. The summed E-state index contributed by atoms with van der Waals surface area (Å²) in [6.07, 6.45) is 7.70. The first-order chi connectivity index (χ1) is 11.6. The van der Waals surface area contributed by atoms with E-state index in [9.17, 15) is 4.79 Å². The molecule has 3 rings (SSSR count). The fraction of sp³-hybridized carbons (Fsp3) is 0.278. The number of amides is 1. The molecule has 0 radical (unpaired) electrons. The molecule has 24 heavy (non-hydrogen) atoms. The molecule has 0 saturated heterocycles. The van der Waals surface area contributed by atoms with E-state index in [1.807, 2.05) is 72.1 Å². The topological polar surface area (TPSA) is 56.0 Å². The molecule has 1 unspecified atom stereocenters. The average molecular weight is 323 g/mol. The Morgan fingerprint density at radius 3 is 2.46 bits per heavy atom. The molecule has 0 N–H and O–H groups in total. The normalized spacial score (nSPS) is 12.1. The number of hydrogen-bond acceptors (Lipinski definition) is 3. The van der Waals surface area contributed by atoms with Gasteiger partial charge in [-0.3, -0.25) is 9.48 Å². The molecule has 2 aromatic heterocycles. The van der Waals surface area contributed by atoms with Crippen LogP contribution in [0.5, 0.6) is 0 Å². The Kier molecular flexibility index (Phi) is 4.74. The van der Waals surface area contributed by atoms with Gasteiger partial charge in [-0.2, -0.15) is 10.2 Å². The molecule has 124 valence electrons. The maximum atomic E-state index is 12.4. The second-order valence-electron chi connectivity index (χ2n) is 5.91. The van der Waals surface area contributed by atoms with Gasteiger partial charge in [0, 0.05) is 44.8 Å². The standard InChI is InChI=1S/C18H21N5O/c1-15(22-11-3-9-19-22)13-18(24)21(2)14-16-5-7-17(8-6-16)23-12-4-10-20-23/h3-12,15H,13-14H2,1-2H3. The molecule has 0 bridgehead atoms. The molecule has 2 heterocycles. The molecule has 1 aromatic carbocycles. The minimum Gasteiger partial charge on any atom is -0.341 e. The van der Waals surface area contributed by atoms with Gasteiger partial charge < -0.3 is 4.90 Å². The summed E-state index contributed by atoms with van der Waals surface area (Å²) in [5.41, 5.74) is 2.10. The van der Waals surface area contributed by atoms with Crippen LogP contribution in [0.4, 0.5) is 0 Å². The molecule has 6 heteroatoms. The molecule has 6 nitrogen and oxygen atoms in total. The van der Waals surface area contributed by atoms with Gasteiger partial charge in [0.15, 0.2) is 0 Å². The fourth-order valence-corrected chi connectivity index (χ4v) is 2.58. The van der Waals surface area contributed by atoms with Crippen LogP contribution < -0.4 is 0 Å². The summed E-state index contributed by atoms with van der Waals surface area (Å²) < 4.78 is 3.62. The van der Waals surface area contributed by atoms with Crippen molar-refractivity contribution >= 4 is 5.91 Å². The molecule has 0 fully saturated rings. The van der Waals surface area contributed by atoms with Gasteiger partial charge in [-0.05, 0) is 36.8 Å². The summed E-state index contributed by atoms with van der Waals surface area (Å²) in [6.45, 7) is 2.58. The summed E-state index contributed by atoms with van der Waals surface area (Å²) in [5.74, 6) is 0.106. The van der Waals surface area contributed by atoms with Gasteiger partial charge in [-0.15, -0.1) is 0 Å². The third-order valence-electron chi connectivity index (χ3n) is 4.00. The van der Waals surface area contributed by atoms with Crippen LogP contribution >= 0.6 is 0 Å². The van der Waals surface area contributed by atoms with Crippen molar-refractivity contribution < 1.29 is 4.79 Å². The molecule has 0 aliphatic rings. The molecule has 3 aromatic rings. The highest BCUT2D eigenvalue weighted by atomic mass is 16.2. The van der Waals surface area contributed by atoms with Gasteiger partial charge >= 0.3 is 0 Å². The Labute approximate surface area is 141 Å². The monoisotopic (exact) mass is 323 g/mol. The SMILES string of the molecule is CC(CC(=O)N(C)Cc1ccc(-n2cccn2)cc1)n1cccn1. The minimum absolute atomic E-state index is 0.0529. The van der Waals surface area contributed by atoms with Crippen molar-refractivity contribution in [3.05, 3.63) is 66.7 Å². The Hall–Kier alpha value is -2.89. The molecule has 0 aliphatic carbocycles. The lowest BCUT2D eigenvalue weighted by molar-refractivity contribution is -0.131. The maximum Gasteiger partial charge on any atom is 0.224 e. The summed E-state index contributed by atoms with van der Waals surface area (Å²) >= 11 is 0. The van der Waals surface area contributed by atoms with Crippen LogP contribution in [0.3, 0.4) is 0 Å². The molecule has 0 saturated carbocycles. The van der Waals surface area contributed by atoms with Crippen LogP contribution in [-0.2, 0) is 11.3 Å². The molecular formula is C18H21N5O. The third-order valence-corrected chi connectivity index (χ3v) is 4.00. The maximum absolute atomic E-state index is 12.4. The van der Waals surface area contributed by atoms with Gasteiger partial charge in [0.1, 0.15) is 0 Å². The van der Waals surface area contributed by atoms with Crippen molar-refractivity contribution in [2.45, 2.75) is 25.9 Å². The van der Waals surface area contributed by atoms with Crippen LogP contribution in [-0.4, -0.2) is 37.4 Å². The van der Waals surface area contributed by atoms with E-state index >= 15 is 0 Å². The Morgan fingerprint density at radius 2 is 1.83 bits per heavy atom. The van der Waals surface area contributed by atoms with Crippen molar-refractivity contribution in [2.75, 3.05) is 7.05 Å². The number of nitrogens with zero attached hydrogens (tertiary/aromatic N) is 5. The molecule has 1 amide bonds. The number of benzene rings is 1. The van der Waals surface area contributed by atoms with Gasteiger partial charge in [0.2, 0.25) is 5.91 Å². The molecular weight excluding hydrogens is 302 g/mol. The van der Waals surface area contributed by atoms with E-state index in [0.717, 1.165) is 11.3 Å². The Balaban J connectivity index is 1.57. The smallest absolute Gasteiger partial charge is 0.224 e. The van der Waals surface area contributed by atoms with Crippen molar-refractivity contribution in [3.63, 3.8) is 0 Å². The average Bonchev–Trinajstić information content (AvgIpc) is 3.29. The number of carbonyl (C=O) groups is 1. The van der Waals surface area contributed by atoms with Crippen LogP contribution in [0.25, 0.3) is 5.69 Å².